The monoisotopic (exact) mass is 212 g/mol. The van der Waals surface area contributed by atoms with Crippen LogP contribution in [0.25, 0.3) is 0 Å². The Morgan fingerprint density at radius 1 is 1.43 bits per heavy atom. The molecular formula is C9H14N3OS. The van der Waals surface area contributed by atoms with Gasteiger partial charge >= 0.3 is 0 Å². The quantitative estimate of drug-likeness (QED) is 0.687. The highest BCUT2D eigenvalue weighted by Gasteiger charge is 2.01. The molecular weight excluding hydrogens is 198 g/mol. The molecule has 1 aromatic heterocycles. The molecule has 14 heavy (non-hydrogen) atoms. The van der Waals surface area contributed by atoms with Crippen LogP contribution >= 0.6 is 11.3 Å². The topological polar surface area (TPSA) is 54.0 Å². The lowest BCUT2D eigenvalue weighted by atomic mass is 10.4. The summed E-state index contributed by atoms with van der Waals surface area (Å²) in [7, 11) is 0. The third-order valence-corrected chi connectivity index (χ3v) is 2.83. The van der Waals surface area contributed by atoms with Crippen LogP contribution in [0.15, 0.2) is 0 Å². The van der Waals surface area contributed by atoms with Gasteiger partial charge in [-0.2, -0.15) is 0 Å². The van der Waals surface area contributed by atoms with Gasteiger partial charge < -0.3 is 10.6 Å². The van der Waals surface area contributed by atoms with E-state index in [-0.39, 0.29) is 6.54 Å². The minimum atomic E-state index is 0.289. The second-order valence-corrected chi connectivity index (χ2v) is 4.11. The minimum absolute atomic E-state index is 0.289. The van der Waals surface area contributed by atoms with Crippen molar-refractivity contribution in [1.29, 1.82) is 0 Å². The molecule has 0 fully saturated rings. The summed E-state index contributed by atoms with van der Waals surface area (Å²) in [6.07, 6.45) is 1.78. The molecule has 0 aliphatic heterocycles. The summed E-state index contributed by atoms with van der Waals surface area (Å²) in [5, 5.41) is 7.04. The van der Waals surface area contributed by atoms with Crippen LogP contribution in [0, 0.1) is 13.8 Å². The van der Waals surface area contributed by atoms with E-state index in [9.17, 15) is 4.79 Å². The summed E-state index contributed by atoms with van der Waals surface area (Å²) in [5.74, 6) is 0. The molecule has 1 heterocycles. The highest BCUT2D eigenvalue weighted by Crippen LogP contribution is 2.20. The molecule has 1 rings (SSSR count). The van der Waals surface area contributed by atoms with Crippen molar-refractivity contribution in [3.63, 3.8) is 0 Å². The van der Waals surface area contributed by atoms with Crippen LogP contribution in [0.3, 0.4) is 0 Å². The van der Waals surface area contributed by atoms with Gasteiger partial charge in [0.15, 0.2) is 5.13 Å². The van der Waals surface area contributed by atoms with Crippen molar-refractivity contribution in [3.05, 3.63) is 10.6 Å². The van der Waals surface area contributed by atoms with E-state index in [0.717, 1.165) is 23.9 Å². The molecule has 1 aromatic rings. The minimum Gasteiger partial charge on any atom is -0.360 e. The first-order valence-corrected chi connectivity index (χ1v) is 5.29. The molecule has 1 radical (unpaired) electrons. The lowest BCUT2D eigenvalue weighted by Crippen LogP contribution is -2.23. The number of hydrogen-bond donors (Lipinski definition) is 2. The van der Waals surface area contributed by atoms with Gasteiger partial charge in [0, 0.05) is 18.0 Å². The predicted molar refractivity (Wildman–Crippen MR) is 58.6 cm³/mol. The molecule has 0 aliphatic rings. The normalized spacial score (nSPS) is 10.1. The van der Waals surface area contributed by atoms with Crippen molar-refractivity contribution < 1.29 is 4.79 Å². The van der Waals surface area contributed by atoms with Gasteiger partial charge in [0.05, 0.1) is 12.2 Å². The first kappa shape index (κ1) is 11.1. The molecule has 0 bridgehead atoms. The van der Waals surface area contributed by atoms with Gasteiger partial charge in [-0.25, -0.2) is 4.98 Å². The van der Waals surface area contributed by atoms with Gasteiger partial charge in [-0.05, 0) is 13.8 Å². The SMILES string of the molecule is Cc1nc(NCCNC[C]=O)sc1C. The average molecular weight is 212 g/mol. The van der Waals surface area contributed by atoms with Crippen LogP contribution in [0.4, 0.5) is 5.13 Å². The summed E-state index contributed by atoms with van der Waals surface area (Å²) < 4.78 is 0. The number of hydrogen-bond acceptors (Lipinski definition) is 5. The van der Waals surface area contributed by atoms with Gasteiger partial charge in [0.25, 0.3) is 0 Å². The van der Waals surface area contributed by atoms with E-state index in [2.05, 4.69) is 22.5 Å². The van der Waals surface area contributed by atoms with Gasteiger partial charge in [0.2, 0.25) is 6.29 Å². The summed E-state index contributed by atoms with van der Waals surface area (Å²) >= 11 is 1.65. The molecule has 0 atom stereocenters. The van der Waals surface area contributed by atoms with Crippen LogP contribution in [0.1, 0.15) is 10.6 Å². The fraction of sp³-hybridized carbons (Fsp3) is 0.556. The van der Waals surface area contributed by atoms with Crippen LogP contribution in [-0.2, 0) is 4.79 Å². The van der Waals surface area contributed by atoms with Crippen LogP contribution in [-0.4, -0.2) is 30.9 Å². The molecule has 0 aromatic carbocycles. The molecule has 0 amide bonds. The Morgan fingerprint density at radius 3 is 2.79 bits per heavy atom. The zero-order valence-corrected chi connectivity index (χ0v) is 9.20. The molecule has 0 saturated carbocycles. The number of aryl methyl sites for hydroxylation is 2. The second-order valence-electron chi connectivity index (χ2n) is 2.91. The Kier molecular flexibility index (Phi) is 4.55. The molecule has 0 saturated heterocycles. The van der Waals surface area contributed by atoms with Crippen molar-refractivity contribution in [3.8, 4) is 0 Å². The van der Waals surface area contributed by atoms with E-state index in [1.54, 1.807) is 17.6 Å². The number of nitrogens with one attached hydrogen (secondary N) is 2. The third kappa shape index (κ3) is 3.43. The van der Waals surface area contributed by atoms with Crippen molar-refractivity contribution >= 4 is 22.8 Å². The van der Waals surface area contributed by atoms with Gasteiger partial charge in [-0.15, -0.1) is 11.3 Å². The Hall–Kier alpha value is -0.940. The van der Waals surface area contributed by atoms with Gasteiger partial charge in [0.1, 0.15) is 0 Å². The van der Waals surface area contributed by atoms with E-state index < -0.39 is 0 Å². The molecule has 77 valence electrons. The van der Waals surface area contributed by atoms with E-state index in [1.807, 2.05) is 6.92 Å². The summed E-state index contributed by atoms with van der Waals surface area (Å²) in [6, 6.07) is 0. The Labute approximate surface area is 87.7 Å². The molecule has 0 aliphatic carbocycles. The maximum atomic E-state index is 9.87. The predicted octanol–water partition coefficient (Wildman–Crippen LogP) is 0.871. The van der Waals surface area contributed by atoms with E-state index >= 15 is 0 Å². The van der Waals surface area contributed by atoms with E-state index in [4.69, 9.17) is 0 Å². The number of carbonyl (C=O) groups excluding carboxylic acids is 1. The zero-order valence-electron chi connectivity index (χ0n) is 8.39. The number of anilines is 1. The number of aromatic nitrogens is 1. The van der Waals surface area contributed by atoms with Crippen LogP contribution < -0.4 is 10.6 Å². The average Bonchev–Trinajstić information content (AvgIpc) is 2.46. The number of rotatable bonds is 6. The van der Waals surface area contributed by atoms with E-state index in [0.29, 0.717) is 0 Å². The first-order valence-electron chi connectivity index (χ1n) is 4.47. The fourth-order valence-electron chi connectivity index (χ4n) is 0.946. The van der Waals surface area contributed by atoms with Crippen molar-refractivity contribution in [2.24, 2.45) is 0 Å². The van der Waals surface area contributed by atoms with Crippen LogP contribution in [0.2, 0.25) is 0 Å². The fourth-order valence-corrected chi connectivity index (χ4v) is 1.79. The Balaban J connectivity index is 2.21. The van der Waals surface area contributed by atoms with Gasteiger partial charge in [-0.1, -0.05) is 0 Å². The highest BCUT2D eigenvalue weighted by atomic mass is 32.1. The number of thiazole rings is 1. The second kappa shape index (κ2) is 5.72. The summed E-state index contributed by atoms with van der Waals surface area (Å²) in [5.41, 5.74) is 1.08. The zero-order chi connectivity index (χ0) is 10.4. The standard InChI is InChI=1S/C9H14N3OS/c1-7-8(2)14-9(12-7)11-4-3-10-5-6-13/h10H,3-5H2,1-2H3,(H,11,12). The molecule has 0 unspecified atom stereocenters. The Morgan fingerprint density at radius 2 is 2.21 bits per heavy atom. The third-order valence-electron chi connectivity index (χ3n) is 1.80. The molecule has 5 heteroatoms. The maximum absolute atomic E-state index is 9.87. The molecule has 4 nitrogen and oxygen atoms in total. The summed E-state index contributed by atoms with van der Waals surface area (Å²) in [4.78, 5) is 15.4. The Bertz CT molecular complexity index is 279. The van der Waals surface area contributed by atoms with Crippen molar-refractivity contribution in [2.45, 2.75) is 13.8 Å². The van der Waals surface area contributed by atoms with E-state index in [1.165, 1.54) is 4.88 Å². The first-order chi connectivity index (χ1) is 6.74. The van der Waals surface area contributed by atoms with Gasteiger partial charge in [-0.3, -0.25) is 4.79 Å². The van der Waals surface area contributed by atoms with Crippen molar-refractivity contribution in [2.75, 3.05) is 25.0 Å². The smallest absolute Gasteiger partial charge is 0.213 e. The van der Waals surface area contributed by atoms with Crippen molar-refractivity contribution in [1.82, 2.24) is 10.3 Å². The lowest BCUT2D eigenvalue weighted by Gasteiger charge is -2.01. The lowest BCUT2D eigenvalue weighted by molar-refractivity contribution is 0.549. The summed E-state index contributed by atoms with van der Waals surface area (Å²) in [6.45, 7) is 5.85. The van der Waals surface area contributed by atoms with Crippen LogP contribution in [0.5, 0.6) is 0 Å². The number of nitrogens with zero attached hydrogens (tertiary/aromatic N) is 1. The maximum Gasteiger partial charge on any atom is 0.213 e. The highest BCUT2D eigenvalue weighted by molar-refractivity contribution is 7.15. The molecule has 2 N–H and O–H groups in total. The largest absolute Gasteiger partial charge is 0.360 e. The molecule has 0 spiro atoms.